The second-order valence-corrected chi connectivity index (χ2v) is 10.5. The summed E-state index contributed by atoms with van der Waals surface area (Å²) >= 11 is 6.55. The predicted molar refractivity (Wildman–Crippen MR) is 140 cm³/mol. The van der Waals surface area contributed by atoms with Crippen molar-refractivity contribution < 1.29 is 9.47 Å². The monoisotopic (exact) mass is 500 g/mol. The van der Waals surface area contributed by atoms with Crippen LogP contribution in [-0.2, 0) is 9.47 Å². The summed E-state index contributed by atoms with van der Waals surface area (Å²) in [6.07, 6.45) is 8.12. The van der Waals surface area contributed by atoms with Crippen LogP contribution in [0.25, 0.3) is 11.3 Å². The number of hydrogen-bond acceptors (Lipinski definition) is 8. The highest BCUT2D eigenvalue weighted by Gasteiger charge is 2.28. The first-order valence-electron chi connectivity index (χ1n) is 12.9. The normalized spacial score (nSPS) is 25.2. The second kappa shape index (κ2) is 11.4. The molecular weight excluding hydrogens is 464 g/mol. The van der Waals surface area contributed by atoms with E-state index in [4.69, 9.17) is 31.8 Å². The third-order valence-corrected chi connectivity index (χ3v) is 7.90. The molecule has 0 radical (unpaired) electrons. The molecule has 4 N–H and O–H groups in total. The van der Waals surface area contributed by atoms with E-state index in [2.05, 4.69) is 20.5 Å². The number of morpholine rings is 1. The van der Waals surface area contributed by atoms with Gasteiger partial charge in [0.05, 0.1) is 23.9 Å². The standard InChI is InChI=1S/C26H37ClN6O2/c27-22-17-29-25(31-19-4-6-20(7-5-19)33-10-14-35-15-11-33)16-21(22)23-2-1-3-24(32-23)30-18-26(28)8-12-34-13-9-26/h1-3,16-17,19-20H,4-15,18,28H2,(H,29,31)(H,30,32). The maximum Gasteiger partial charge on any atom is 0.126 e. The van der Waals surface area contributed by atoms with Gasteiger partial charge in [-0.25, -0.2) is 9.97 Å². The number of pyridine rings is 2. The molecule has 0 bridgehead atoms. The quantitative estimate of drug-likeness (QED) is 0.528. The Bertz CT molecular complexity index is 972. The van der Waals surface area contributed by atoms with Gasteiger partial charge in [0.1, 0.15) is 11.6 Å². The van der Waals surface area contributed by atoms with E-state index >= 15 is 0 Å². The van der Waals surface area contributed by atoms with Gasteiger partial charge < -0.3 is 25.8 Å². The first-order chi connectivity index (χ1) is 17.1. The number of nitrogens with one attached hydrogen (secondary N) is 2. The predicted octanol–water partition coefficient (Wildman–Crippen LogP) is 3.77. The average molecular weight is 501 g/mol. The van der Waals surface area contributed by atoms with Crippen LogP contribution in [0.5, 0.6) is 0 Å². The molecule has 35 heavy (non-hydrogen) atoms. The zero-order valence-electron chi connectivity index (χ0n) is 20.3. The van der Waals surface area contributed by atoms with Crippen molar-refractivity contribution >= 4 is 23.2 Å². The molecule has 0 amide bonds. The highest BCUT2D eigenvalue weighted by atomic mass is 35.5. The maximum atomic E-state index is 6.55. The van der Waals surface area contributed by atoms with Crippen molar-refractivity contribution in [2.75, 3.05) is 56.7 Å². The molecule has 3 fully saturated rings. The van der Waals surface area contributed by atoms with E-state index in [1.54, 1.807) is 6.20 Å². The van der Waals surface area contributed by atoms with E-state index in [-0.39, 0.29) is 5.54 Å². The Morgan fingerprint density at radius 2 is 1.77 bits per heavy atom. The van der Waals surface area contributed by atoms with E-state index in [9.17, 15) is 0 Å². The van der Waals surface area contributed by atoms with Gasteiger partial charge >= 0.3 is 0 Å². The fraction of sp³-hybridized carbons (Fsp3) is 0.615. The van der Waals surface area contributed by atoms with Crippen LogP contribution < -0.4 is 16.4 Å². The lowest BCUT2D eigenvalue weighted by atomic mass is 9.90. The maximum absolute atomic E-state index is 6.55. The van der Waals surface area contributed by atoms with E-state index in [0.717, 1.165) is 74.9 Å². The van der Waals surface area contributed by atoms with Crippen molar-refractivity contribution in [1.82, 2.24) is 14.9 Å². The highest BCUT2D eigenvalue weighted by Crippen LogP contribution is 2.31. The molecule has 190 valence electrons. The molecule has 5 rings (SSSR count). The van der Waals surface area contributed by atoms with Gasteiger partial charge in [0.2, 0.25) is 0 Å². The van der Waals surface area contributed by atoms with E-state index in [0.29, 0.717) is 36.9 Å². The minimum atomic E-state index is -0.262. The van der Waals surface area contributed by atoms with Gasteiger partial charge in [0, 0.05) is 62.2 Å². The zero-order chi connectivity index (χ0) is 24.1. The van der Waals surface area contributed by atoms with E-state index in [1.165, 1.54) is 12.8 Å². The summed E-state index contributed by atoms with van der Waals surface area (Å²) in [5.74, 6) is 1.64. The summed E-state index contributed by atoms with van der Waals surface area (Å²) in [5, 5.41) is 7.66. The second-order valence-electron chi connectivity index (χ2n) is 10.1. The molecule has 1 aliphatic carbocycles. The average Bonchev–Trinajstić information content (AvgIpc) is 2.90. The number of ether oxygens (including phenoxy) is 2. The molecule has 0 unspecified atom stereocenters. The number of halogens is 1. The Labute approximate surface area is 212 Å². The summed E-state index contributed by atoms with van der Waals surface area (Å²) in [6, 6.07) is 9.07. The number of nitrogens with two attached hydrogens (primary N) is 1. The Morgan fingerprint density at radius 1 is 1.03 bits per heavy atom. The Morgan fingerprint density at radius 3 is 2.54 bits per heavy atom. The van der Waals surface area contributed by atoms with Crippen molar-refractivity contribution in [3.8, 4) is 11.3 Å². The summed E-state index contributed by atoms with van der Waals surface area (Å²) < 4.78 is 11.0. The molecule has 3 aliphatic rings. The molecule has 4 heterocycles. The molecule has 1 saturated carbocycles. The Hall–Kier alpha value is -1.97. The molecule has 8 nitrogen and oxygen atoms in total. The molecule has 2 aromatic heterocycles. The molecule has 2 saturated heterocycles. The van der Waals surface area contributed by atoms with Gasteiger partial charge in [0.25, 0.3) is 0 Å². The minimum absolute atomic E-state index is 0.262. The lowest BCUT2D eigenvalue weighted by Gasteiger charge is -2.39. The van der Waals surface area contributed by atoms with Gasteiger partial charge in [-0.15, -0.1) is 0 Å². The van der Waals surface area contributed by atoms with Gasteiger partial charge in [-0.3, -0.25) is 4.90 Å². The molecule has 0 aromatic carbocycles. The van der Waals surface area contributed by atoms with E-state index in [1.807, 2.05) is 24.3 Å². The summed E-state index contributed by atoms with van der Waals surface area (Å²) in [7, 11) is 0. The number of rotatable bonds is 7. The Balaban J connectivity index is 1.20. The third kappa shape index (κ3) is 6.43. The SMILES string of the molecule is NC1(CNc2cccc(-c3cc(NC4CCC(N5CCOCC5)CC4)ncc3Cl)n2)CCOCC1. The summed E-state index contributed by atoms with van der Waals surface area (Å²) in [4.78, 5) is 12.0. The first-order valence-corrected chi connectivity index (χ1v) is 13.3. The van der Waals surface area contributed by atoms with Gasteiger partial charge in [-0.1, -0.05) is 17.7 Å². The molecule has 2 aliphatic heterocycles. The first kappa shape index (κ1) is 24.7. The number of nitrogens with zero attached hydrogens (tertiary/aromatic N) is 3. The van der Waals surface area contributed by atoms with Crippen LogP contribution in [0.4, 0.5) is 11.6 Å². The van der Waals surface area contributed by atoms with E-state index < -0.39 is 0 Å². The van der Waals surface area contributed by atoms with Crippen LogP contribution in [0.3, 0.4) is 0 Å². The topological polar surface area (TPSA) is 97.6 Å². The van der Waals surface area contributed by atoms with Crippen LogP contribution in [0.15, 0.2) is 30.5 Å². The van der Waals surface area contributed by atoms with Gasteiger partial charge in [-0.2, -0.15) is 0 Å². The van der Waals surface area contributed by atoms with Gasteiger partial charge in [0.15, 0.2) is 0 Å². The Kier molecular flexibility index (Phi) is 8.04. The lowest BCUT2D eigenvalue weighted by Crippen LogP contribution is -2.50. The number of hydrogen-bond donors (Lipinski definition) is 3. The lowest BCUT2D eigenvalue weighted by molar-refractivity contribution is 0.00790. The third-order valence-electron chi connectivity index (χ3n) is 7.60. The van der Waals surface area contributed by atoms with Crippen LogP contribution in [0.1, 0.15) is 38.5 Å². The molecular formula is C26H37ClN6O2. The fourth-order valence-electron chi connectivity index (χ4n) is 5.36. The van der Waals surface area contributed by atoms with Crippen molar-refractivity contribution in [1.29, 1.82) is 0 Å². The summed E-state index contributed by atoms with van der Waals surface area (Å²) in [6.45, 7) is 5.94. The molecule has 9 heteroatoms. The number of aromatic nitrogens is 2. The van der Waals surface area contributed by atoms with Crippen molar-refractivity contribution in [3.63, 3.8) is 0 Å². The molecule has 0 atom stereocenters. The van der Waals surface area contributed by atoms with Crippen LogP contribution in [-0.4, -0.2) is 78.6 Å². The summed E-state index contributed by atoms with van der Waals surface area (Å²) in [5.41, 5.74) is 7.96. The minimum Gasteiger partial charge on any atom is -0.381 e. The molecule has 2 aromatic rings. The smallest absolute Gasteiger partial charge is 0.126 e. The van der Waals surface area contributed by atoms with Crippen LogP contribution >= 0.6 is 11.6 Å². The van der Waals surface area contributed by atoms with Crippen molar-refractivity contribution in [3.05, 3.63) is 35.5 Å². The van der Waals surface area contributed by atoms with Crippen LogP contribution in [0.2, 0.25) is 5.02 Å². The van der Waals surface area contributed by atoms with Crippen LogP contribution in [0, 0.1) is 0 Å². The van der Waals surface area contributed by atoms with Crippen molar-refractivity contribution in [2.24, 2.45) is 5.73 Å². The highest BCUT2D eigenvalue weighted by molar-refractivity contribution is 6.33. The zero-order valence-corrected chi connectivity index (χ0v) is 21.1. The fourth-order valence-corrected chi connectivity index (χ4v) is 5.56. The molecule has 0 spiro atoms. The largest absolute Gasteiger partial charge is 0.381 e. The van der Waals surface area contributed by atoms with Gasteiger partial charge in [-0.05, 0) is 56.7 Å². The van der Waals surface area contributed by atoms with Crippen molar-refractivity contribution in [2.45, 2.75) is 56.1 Å². The number of anilines is 2.